The van der Waals surface area contributed by atoms with E-state index in [1.165, 1.54) is 23.2 Å². The van der Waals surface area contributed by atoms with Crippen LogP contribution >= 0.6 is 0 Å². The number of rotatable bonds is 7. The Morgan fingerprint density at radius 2 is 2.00 bits per heavy atom. The molecule has 1 amide bonds. The maximum absolute atomic E-state index is 12.8. The molecule has 1 atom stereocenters. The van der Waals surface area contributed by atoms with Gasteiger partial charge in [0.25, 0.3) is 5.91 Å². The number of hydrogen-bond donors (Lipinski definition) is 1. The normalized spacial score (nSPS) is 17.1. The standard InChI is InChI=1S/C32H38N6O2/c1-21-16-25(17-24-10-11-26-20-36(2)13-14-38(26)30(21)24)28-19-34-31-29(35-28)27(18-33-31)22-6-8-23(9-7-22)32(39)37(3)12-5-15-40-4/h6-9,16-19,26H,5,10-15,20H2,1-4H3,(H,33,34)/t26-/m0/s1. The van der Waals surface area contributed by atoms with Gasteiger partial charge in [0, 0.05) is 81.6 Å². The molecule has 0 spiro atoms. The molecule has 4 heterocycles. The number of nitrogens with one attached hydrogen (secondary N) is 1. The van der Waals surface area contributed by atoms with Crippen LogP contribution in [0.4, 0.5) is 5.69 Å². The van der Waals surface area contributed by atoms with Crippen molar-refractivity contribution in [3.05, 3.63) is 65.5 Å². The second kappa shape index (κ2) is 11.0. The first-order chi connectivity index (χ1) is 19.4. The molecule has 8 nitrogen and oxygen atoms in total. The van der Waals surface area contributed by atoms with Gasteiger partial charge >= 0.3 is 0 Å². The number of aryl methyl sites for hydroxylation is 2. The molecular formula is C32H38N6O2. The number of hydrogen-bond acceptors (Lipinski definition) is 6. The van der Waals surface area contributed by atoms with E-state index in [-0.39, 0.29) is 5.91 Å². The van der Waals surface area contributed by atoms with Gasteiger partial charge in [-0.15, -0.1) is 0 Å². The van der Waals surface area contributed by atoms with Crippen LogP contribution in [0.25, 0.3) is 33.5 Å². The van der Waals surface area contributed by atoms with Crippen LogP contribution < -0.4 is 4.90 Å². The monoisotopic (exact) mass is 538 g/mol. The lowest BCUT2D eigenvalue weighted by atomic mass is 9.89. The quantitative estimate of drug-likeness (QED) is 0.342. The van der Waals surface area contributed by atoms with Gasteiger partial charge in [-0.05, 0) is 74.2 Å². The summed E-state index contributed by atoms with van der Waals surface area (Å²) in [7, 11) is 5.73. The Labute approximate surface area is 236 Å². The number of carbonyl (C=O) groups excluding carboxylic acids is 1. The summed E-state index contributed by atoms with van der Waals surface area (Å²) >= 11 is 0. The van der Waals surface area contributed by atoms with Crippen molar-refractivity contribution in [2.75, 3.05) is 58.9 Å². The third-order valence-electron chi connectivity index (χ3n) is 8.41. The number of carbonyl (C=O) groups is 1. The fourth-order valence-electron chi connectivity index (χ4n) is 6.29. The predicted molar refractivity (Wildman–Crippen MR) is 160 cm³/mol. The molecule has 1 fully saturated rings. The van der Waals surface area contributed by atoms with Crippen LogP contribution in [0.15, 0.2) is 48.8 Å². The molecule has 8 heteroatoms. The summed E-state index contributed by atoms with van der Waals surface area (Å²) in [6.45, 7) is 6.86. The molecule has 0 aliphatic carbocycles. The highest BCUT2D eigenvalue weighted by atomic mass is 16.5. The molecule has 208 valence electrons. The van der Waals surface area contributed by atoms with Crippen LogP contribution in [0.1, 0.15) is 34.3 Å². The predicted octanol–water partition coefficient (Wildman–Crippen LogP) is 4.78. The lowest BCUT2D eigenvalue weighted by molar-refractivity contribution is 0.0779. The number of H-pyrrole nitrogens is 1. The molecule has 6 rings (SSSR count). The van der Waals surface area contributed by atoms with Crippen molar-refractivity contribution < 1.29 is 9.53 Å². The Morgan fingerprint density at radius 1 is 1.18 bits per heavy atom. The molecule has 0 saturated carbocycles. The summed E-state index contributed by atoms with van der Waals surface area (Å²) in [6.07, 6.45) is 6.92. The Morgan fingerprint density at radius 3 is 2.80 bits per heavy atom. The largest absolute Gasteiger partial charge is 0.385 e. The average Bonchev–Trinajstić information content (AvgIpc) is 3.40. The van der Waals surface area contributed by atoms with Crippen molar-refractivity contribution in [2.24, 2.45) is 0 Å². The van der Waals surface area contributed by atoms with Gasteiger partial charge in [-0.3, -0.25) is 4.79 Å². The Hall–Kier alpha value is -3.75. The Balaban J connectivity index is 1.27. The van der Waals surface area contributed by atoms with E-state index in [0.717, 1.165) is 66.0 Å². The first-order valence-electron chi connectivity index (χ1n) is 14.2. The molecule has 1 N–H and O–H groups in total. The lowest BCUT2D eigenvalue weighted by Gasteiger charge is -2.46. The maximum Gasteiger partial charge on any atom is 0.253 e. The maximum atomic E-state index is 12.8. The van der Waals surface area contributed by atoms with Crippen LogP contribution in [-0.2, 0) is 11.2 Å². The van der Waals surface area contributed by atoms with E-state index in [9.17, 15) is 4.79 Å². The molecule has 0 bridgehead atoms. The molecular weight excluding hydrogens is 500 g/mol. The summed E-state index contributed by atoms with van der Waals surface area (Å²) in [5.41, 5.74) is 10.4. The molecule has 1 saturated heterocycles. The van der Waals surface area contributed by atoms with Gasteiger partial charge in [0.15, 0.2) is 5.65 Å². The van der Waals surface area contributed by atoms with Crippen LogP contribution in [0.3, 0.4) is 0 Å². The van der Waals surface area contributed by atoms with Crippen molar-refractivity contribution in [1.82, 2.24) is 24.8 Å². The highest BCUT2D eigenvalue weighted by Crippen LogP contribution is 2.38. The first-order valence-corrected chi connectivity index (χ1v) is 14.2. The number of anilines is 1. The van der Waals surface area contributed by atoms with Crippen LogP contribution in [0.2, 0.25) is 0 Å². The van der Waals surface area contributed by atoms with Gasteiger partial charge in [0.2, 0.25) is 0 Å². The van der Waals surface area contributed by atoms with E-state index < -0.39 is 0 Å². The third kappa shape index (κ3) is 4.97. The zero-order valence-corrected chi connectivity index (χ0v) is 23.9. The van der Waals surface area contributed by atoms with Gasteiger partial charge in [0.1, 0.15) is 5.52 Å². The molecule has 2 aliphatic rings. The van der Waals surface area contributed by atoms with E-state index in [1.54, 1.807) is 12.0 Å². The molecule has 2 aliphatic heterocycles. The number of likely N-dealkylation sites (N-methyl/N-ethyl adjacent to an activating group) is 1. The summed E-state index contributed by atoms with van der Waals surface area (Å²) < 4.78 is 5.10. The topological polar surface area (TPSA) is 77.6 Å². The molecule has 0 radical (unpaired) electrons. The fraction of sp³-hybridized carbons (Fsp3) is 0.406. The van der Waals surface area contributed by atoms with Crippen molar-refractivity contribution >= 4 is 22.8 Å². The van der Waals surface area contributed by atoms with Crippen LogP contribution in [0.5, 0.6) is 0 Å². The highest BCUT2D eigenvalue weighted by molar-refractivity contribution is 5.96. The summed E-state index contributed by atoms with van der Waals surface area (Å²) in [6, 6.07) is 12.9. The second-order valence-corrected chi connectivity index (χ2v) is 11.3. The lowest BCUT2D eigenvalue weighted by Crippen LogP contribution is -2.54. The van der Waals surface area contributed by atoms with Crippen LogP contribution in [0, 0.1) is 6.92 Å². The van der Waals surface area contributed by atoms with Gasteiger partial charge in [-0.1, -0.05) is 12.1 Å². The SMILES string of the molecule is COCCCN(C)C(=O)c1ccc(-c2c[nH]c3ncc(-c4cc(C)c5c(c4)CC[C@H]4CN(C)CCN54)nc23)cc1. The summed E-state index contributed by atoms with van der Waals surface area (Å²) in [4.78, 5) is 32.7. The number of methoxy groups -OCH3 is 1. The Kier molecular flexibility index (Phi) is 7.29. The second-order valence-electron chi connectivity index (χ2n) is 11.3. The number of benzene rings is 2. The van der Waals surface area contributed by atoms with E-state index in [1.807, 2.05) is 43.7 Å². The number of aromatic nitrogens is 3. The van der Waals surface area contributed by atoms with E-state index >= 15 is 0 Å². The van der Waals surface area contributed by atoms with Crippen molar-refractivity contribution in [1.29, 1.82) is 0 Å². The van der Waals surface area contributed by atoms with Crippen molar-refractivity contribution in [3.8, 4) is 22.4 Å². The van der Waals surface area contributed by atoms with Crippen molar-refractivity contribution in [2.45, 2.75) is 32.2 Å². The third-order valence-corrected chi connectivity index (χ3v) is 8.41. The highest BCUT2D eigenvalue weighted by Gasteiger charge is 2.31. The minimum Gasteiger partial charge on any atom is -0.385 e. The number of fused-ring (bicyclic) bond motifs is 4. The smallest absolute Gasteiger partial charge is 0.253 e. The van der Waals surface area contributed by atoms with Gasteiger partial charge in [0.05, 0.1) is 11.9 Å². The number of aromatic amines is 1. The van der Waals surface area contributed by atoms with E-state index in [0.29, 0.717) is 24.8 Å². The molecule has 2 aromatic carbocycles. The van der Waals surface area contributed by atoms with E-state index in [2.05, 4.69) is 40.9 Å². The zero-order valence-electron chi connectivity index (χ0n) is 23.9. The summed E-state index contributed by atoms with van der Waals surface area (Å²) in [5, 5.41) is 0. The molecule has 40 heavy (non-hydrogen) atoms. The van der Waals surface area contributed by atoms with Crippen LogP contribution in [-0.4, -0.2) is 90.7 Å². The minimum atomic E-state index is 0.00864. The molecule has 0 unspecified atom stereocenters. The minimum absolute atomic E-state index is 0.00864. The van der Waals surface area contributed by atoms with E-state index in [4.69, 9.17) is 14.7 Å². The number of piperazine rings is 1. The summed E-state index contributed by atoms with van der Waals surface area (Å²) in [5.74, 6) is 0.00864. The number of amides is 1. The van der Waals surface area contributed by atoms with Gasteiger partial charge in [-0.25, -0.2) is 9.97 Å². The van der Waals surface area contributed by atoms with Crippen molar-refractivity contribution in [3.63, 3.8) is 0 Å². The molecule has 4 aromatic rings. The number of nitrogens with zero attached hydrogens (tertiary/aromatic N) is 5. The fourth-order valence-corrected chi connectivity index (χ4v) is 6.29. The number of ether oxygens (including phenoxy) is 1. The van der Waals surface area contributed by atoms with Gasteiger partial charge < -0.3 is 24.4 Å². The molecule has 2 aromatic heterocycles. The Bertz CT molecular complexity index is 1530. The first kappa shape index (κ1) is 26.5. The average molecular weight is 539 g/mol. The van der Waals surface area contributed by atoms with Gasteiger partial charge in [-0.2, -0.15) is 0 Å². The zero-order chi connectivity index (χ0) is 27.8.